The maximum Gasteiger partial charge on any atom is 0.329 e. The highest BCUT2D eigenvalue weighted by Gasteiger charge is 2.19. The van der Waals surface area contributed by atoms with Crippen molar-refractivity contribution in [2.45, 2.75) is 32.2 Å². The summed E-state index contributed by atoms with van der Waals surface area (Å²) in [6.45, 7) is 3.03. The summed E-state index contributed by atoms with van der Waals surface area (Å²) in [7, 11) is 1.48. The van der Waals surface area contributed by atoms with Gasteiger partial charge < -0.3 is 4.90 Å². The van der Waals surface area contributed by atoms with Crippen molar-refractivity contribution in [3.8, 4) is 0 Å². The van der Waals surface area contributed by atoms with E-state index in [1.165, 1.54) is 19.5 Å². The average molecular weight is 223 g/mol. The molecular formula is C11H17N3O2. The SMILES string of the molecule is C[C@@H]1CCCCN1c1cc(=O)n(C)c(=O)[nH]1. The third-order valence-electron chi connectivity index (χ3n) is 3.24. The minimum Gasteiger partial charge on any atom is -0.355 e. The second kappa shape index (κ2) is 4.15. The van der Waals surface area contributed by atoms with Crippen LogP contribution in [-0.4, -0.2) is 22.1 Å². The zero-order chi connectivity index (χ0) is 11.7. The Kier molecular flexibility index (Phi) is 2.85. The zero-order valence-electron chi connectivity index (χ0n) is 9.69. The quantitative estimate of drug-likeness (QED) is 0.752. The van der Waals surface area contributed by atoms with Gasteiger partial charge in [0.1, 0.15) is 5.82 Å². The van der Waals surface area contributed by atoms with E-state index in [0.29, 0.717) is 11.9 Å². The Bertz CT molecular complexity index is 457. The number of hydrogen-bond acceptors (Lipinski definition) is 3. The standard InChI is InChI=1S/C11H17N3O2/c1-8-5-3-4-6-14(8)9-7-10(15)13(2)11(16)12-9/h7-8H,3-6H2,1-2H3,(H,12,16)/t8-/m1/s1. The number of nitrogens with zero attached hydrogens (tertiary/aromatic N) is 2. The van der Waals surface area contributed by atoms with Crippen molar-refractivity contribution >= 4 is 5.82 Å². The highest BCUT2D eigenvalue weighted by atomic mass is 16.2. The van der Waals surface area contributed by atoms with Crippen LogP contribution in [0.2, 0.25) is 0 Å². The van der Waals surface area contributed by atoms with E-state index < -0.39 is 0 Å². The van der Waals surface area contributed by atoms with Gasteiger partial charge in [0.15, 0.2) is 0 Å². The van der Waals surface area contributed by atoms with Crippen molar-refractivity contribution in [1.82, 2.24) is 9.55 Å². The monoisotopic (exact) mass is 223 g/mol. The lowest BCUT2D eigenvalue weighted by atomic mass is 10.0. The minimum atomic E-state index is -0.347. The number of H-pyrrole nitrogens is 1. The summed E-state index contributed by atoms with van der Waals surface area (Å²) in [6, 6.07) is 1.89. The Labute approximate surface area is 93.7 Å². The predicted molar refractivity (Wildman–Crippen MR) is 63.0 cm³/mol. The molecule has 2 rings (SSSR count). The van der Waals surface area contributed by atoms with Crippen LogP contribution in [0.15, 0.2) is 15.7 Å². The van der Waals surface area contributed by atoms with Crippen LogP contribution >= 0.6 is 0 Å². The highest BCUT2D eigenvalue weighted by Crippen LogP contribution is 2.20. The molecule has 0 radical (unpaired) electrons. The fourth-order valence-corrected chi connectivity index (χ4v) is 2.15. The molecule has 5 heteroatoms. The maximum absolute atomic E-state index is 11.5. The van der Waals surface area contributed by atoms with Crippen LogP contribution in [0.5, 0.6) is 0 Å². The first-order valence-electron chi connectivity index (χ1n) is 5.66. The molecule has 0 unspecified atom stereocenters. The van der Waals surface area contributed by atoms with Gasteiger partial charge in [-0.15, -0.1) is 0 Å². The van der Waals surface area contributed by atoms with Crippen LogP contribution in [0.1, 0.15) is 26.2 Å². The average Bonchev–Trinajstić information content (AvgIpc) is 2.26. The maximum atomic E-state index is 11.5. The van der Waals surface area contributed by atoms with Crippen LogP contribution in [0, 0.1) is 0 Å². The van der Waals surface area contributed by atoms with E-state index >= 15 is 0 Å². The molecular weight excluding hydrogens is 206 g/mol. The summed E-state index contributed by atoms with van der Waals surface area (Å²) in [5.74, 6) is 0.653. The van der Waals surface area contributed by atoms with E-state index in [2.05, 4.69) is 16.8 Å². The first-order valence-corrected chi connectivity index (χ1v) is 5.66. The van der Waals surface area contributed by atoms with Crippen molar-refractivity contribution in [2.24, 2.45) is 7.05 Å². The van der Waals surface area contributed by atoms with Crippen molar-refractivity contribution < 1.29 is 0 Å². The fourth-order valence-electron chi connectivity index (χ4n) is 2.15. The highest BCUT2D eigenvalue weighted by molar-refractivity contribution is 5.38. The summed E-state index contributed by atoms with van der Waals surface area (Å²) in [5.41, 5.74) is -0.600. The van der Waals surface area contributed by atoms with Crippen molar-refractivity contribution in [3.63, 3.8) is 0 Å². The van der Waals surface area contributed by atoms with Gasteiger partial charge in [-0.3, -0.25) is 14.3 Å². The lowest BCUT2D eigenvalue weighted by Gasteiger charge is -2.34. The smallest absolute Gasteiger partial charge is 0.329 e. The van der Waals surface area contributed by atoms with E-state index in [4.69, 9.17) is 0 Å². The summed E-state index contributed by atoms with van der Waals surface area (Å²) >= 11 is 0. The molecule has 1 fully saturated rings. The lowest BCUT2D eigenvalue weighted by molar-refractivity contribution is 0.479. The van der Waals surface area contributed by atoms with E-state index in [-0.39, 0.29) is 11.2 Å². The number of nitrogens with one attached hydrogen (secondary N) is 1. The molecule has 0 amide bonds. The van der Waals surface area contributed by atoms with Crippen LogP contribution in [0.4, 0.5) is 5.82 Å². The molecule has 88 valence electrons. The van der Waals surface area contributed by atoms with Crippen molar-refractivity contribution in [2.75, 3.05) is 11.4 Å². The summed E-state index contributed by atoms with van der Waals surface area (Å²) in [4.78, 5) is 27.9. The molecule has 0 aromatic carbocycles. The number of hydrogen-bond donors (Lipinski definition) is 1. The lowest BCUT2D eigenvalue weighted by Crippen LogP contribution is -2.41. The fraction of sp³-hybridized carbons (Fsp3) is 0.636. The van der Waals surface area contributed by atoms with Crippen LogP contribution in [-0.2, 0) is 7.05 Å². The Morgan fingerprint density at radius 1 is 1.38 bits per heavy atom. The Morgan fingerprint density at radius 2 is 2.12 bits per heavy atom. The molecule has 1 atom stereocenters. The zero-order valence-corrected chi connectivity index (χ0v) is 9.69. The summed E-state index contributed by atoms with van der Waals surface area (Å²) in [5, 5.41) is 0. The van der Waals surface area contributed by atoms with Crippen LogP contribution < -0.4 is 16.1 Å². The van der Waals surface area contributed by atoms with Gasteiger partial charge in [-0.1, -0.05) is 0 Å². The summed E-state index contributed by atoms with van der Waals surface area (Å²) < 4.78 is 1.08. The van der Waals surface area contributed by atoms with Crippen molar-refractivity contribution in [1.29, 1.82) is 0 Å². The number of piperidine rings is 1. The molecule has 2 heterocycles. The number of rotatable bonds is 1. The van der Waals surface area contributed by atoms with Gasteiger partial charge >= 0.3 is 5.69 Å². The molecule has 1 aliphatic heterocycles. The van der Waals surface area contributed by atoms with E-state index in [1.54, 1.807) is 0 Å². The van der Waals surface area contributed by atoms with Gasteiger partial charge in [0.25, 0.3) is 5.56 Å². The van der Waals surface area contributed by atoms with E-state index in [9.17, 15) is 9.59 Å². The number of aromatic nitrogens is 2. The largest absolute Gasteiger partial charge is 0.355 e. The molecule has 5 nitrogen and oxygen atoms in total. The first-order chi connectivity index (χ1) is 7.59. The molecule has 1 aliphatic rings. The van der Waals surface area contributed by atoms with Gasteiger partial charge in [0.05, 0.1) is 0 Å². The normalized spacial score (nSPS) is 21.1. The van der Waals surface area contributed by atoms with Crippen LogP contribution in [0.3, 0.4) is 0 Å². The van der Waals surface area contributed by atoms with Gasteiger partial charge in [0, 0.05) is 25.7 Å². The van der Waals surface area contributed by atoms with Gasteiger partial charge in [-0.25, -0.2) is 4.79 Å². The molecule has 1 aromatic heterocycles. The van der Waals surface area contributed by atoms with Crippen LogP contribution in [0.25, 0.3) is 0 Å². The van der Waals surface area contributed by atoms with Crippen molar-refractivity contribution in [3.05, 3.63) is 26.9 Å². The minimum absolute atomic E-state index is 0.253. The number of aromatic amines is 1. The Morgan fingerprint density at radius 3 is 2.75 bits per heavy atom. The molecule has 16 heavy (non-hydrogen) atoms. The molecule has 1 N–H and O–H groups in total. The first kappa shape index (κ1) is 11.0. The van der Waals surface area contributed by atoms with E-state index in [1.807, 2.05) is 0 Å². The van der Waals surface area contributed by atoms with Gasteiger partial charge in [0.2, 0.25) is 0 Å². The third kappa shape index (κ3) is 1.89. The predicted octanol–water partition coefficient (Wildman–Crippen LogP) is 0.452. The topological polar surface area (TPSA) is 58.1 Å². The molecule has 0 aliphatic carbocycles. The molecule has 1 saturated heterocycles. The second-order valence-corrected chi connectivity index (χ2v) is 4.40. The molecule has 0 saturated carbocycles. The summed E-state index contributed by atoms with van der Waals surface area (Å²) in [6.07, 6.45) is 3.44. The molecule has 0 bridgehead atoms. The number of anilines is 1. The second-order valence-electron chi connectivity index (χ2n) is 4.40. The third-order valence-corrected chi connectivity index (χ3v) is 3.24. The van der Waals surface area contributed by atoms with Gasteiger partial charge in [-0.05, 0) is 26.2 Å². The van der Waals surface area contributed by atoms with E-state index in [0.717, 1.165) is 24.0 Å². The molecule has 1 aromatic rings. The Balaban J connectivity index is 2.40. The Hall–Kier alpha value is -1.52. The molecule has 0 spiro atoms. The van der Waals surface area contributed by atoms with Gasteiger partial charge in [-0.2, -0.15) is 0 Å².